The van der Waals surface area contributed by atoms with Crippen molar-refractivity contribution in [3.05, 3.63) is 57.8 Å². The van der Waals surface area contributed by atoms with E-state index in [-0.39, 0.29) is 18.4 Å². The molecular formula is C16H15BrClFN6O. The molecule has 0 bridgehead atoms. The summed E-state index contributed by atoms with van der Waals surface area (Å²) in [4.78, 5) is 16.5. The van der Waals surface area contributed by atoms with Gasteiger partial charge >= 0.3 is 0 Å². The zero-order valence-corrected chi connectivity index (χ0v) is 16.1. The highest BCUT2D eigenvalue weighted by Crippen LogP contribution is 2.20. The summed E-state index contributed by atoms with van der Waals surface area (Å²) in [5, 5.41) is 11.2. The van der Waals surface area contributed by atoms with Gasteiger partial charge in [-0.25, -0.2) is 14.1 Å². The Kier molecular flexibility index (Phi) is 5.67. The summed E-state index contributed by atoms with van der Waals surface area (Å²) in [5.41, 5.74) is 0.310. The second kappa shape index (κ2) is 7.96. The van der Waals surface area contributed by atoms with Crippen LogP contribution in [0.1, 0.15) is 24.9 Å². The lowest BCUT2D eigenvalue weighted by Gasteiger charge is -2.13. The van der Waals surface area contributed by atoms with Crippen LogP contribution < -0.4 is 5.32 Å². The molecule has 136 valence electrons. The molecule has 26 heavy (non-hydrogen) atoms. The fourth-order valence-corrected chi connectivity index (χ4v) is 2.97. The van der Waals surface area contributed by atoms with Crippen LogP contribution >= 0.6 is 27.5 Å². The summed E-state index contributed by atoms with van der Waals surface area (Å²) in [7, 11) is 0. The van der Waals surface area contributed by atoms with E-state index in [2.05, 4.69) is 36.4 Å². The van der Waals surface area contributed by atoms with E-state index in [0.29, 0.717) is 17.0 Å². The first-order valence-corrected chi connectivity index (χ1v) is 8.98. The predicted octanol–water partition coefficient (Wildman–Crippen LogP) is 3.67. The van der Waals surface area contributed by atoms with Gasteiger partial charge in [-0.05, 0) is 34.5 Å². The molecule has 1 unspecified atom stereocenters. The van der Waals surface area contributed by atoms with Gasteiger partial charge in [-0.3, -0.25) is 14.8 Å². The summed E-state index contributed by atoms with van der Waals surface area (Å²) >= 11 is 9.32. The van der Waals surface area contributed by atoms with Crippen molar-refractivity contribution in [2.75, 3.05) is 5.32 Å². The molecule has 0 aliphatic heterocycles. The Labute approximate surface area is 162 Å². The highest BCUT2D eigenvalue weighted by molar-refractivity contribution is 9.10. The number of nitrogens with one attached hydrogen (secondary N) is 1. The normalized spacial score (nSPS) is 12.2. The minimum atomic E-state index is -0.491. The molecule has 0 saturated heterocycles. The van der Waals surface area contributed by atoms with E-state index in [1.165, 1.54) is 23.1 Å². The van der Waals surface area contributed by atoms with Gasteiger partial charge in [0.2, 0.25) is 5.95 Å². The fraction of sp³-hybridized carbons (Fsp3) is 0.250. The Hall–Kier alpha value is -2.26. The SMILES string of the molecule is CCC(C(=O)Nc1ncn(Cc2c(F)cccc2Cl)n1)n1cc(Br)cn1. The molecule has 1 aromatic carbocycles. The van der Waals surface area contributed by atoms with Gasteiger partial charge in [-0.2, -0.15) is 5.10 Å². The Morgan fingerprint density at radius 2 is 2.27 bits per heavy atom. The van der Waals surface area contributed by atoms with E-state index in [1.54, 1.807) is 23.1 Å². The number of benzene rings is 1. The maximum atomic E-state index is 13.9. The molecular weight excluding hydrogens is 427 g/mol. The van der Waals surface area contributed by atoms with Crippen molar-refractivity contribution in [2.24, 2.45) is 0 Å². The second-order valence-electron chi connectivity index (χ2n) is 5.52. The quantitative estimate of drug-likeness (QED) is 0.633. The Balaban J connectivity index is 1.71. The number of halogens is 3. The average molecular weight is 442 g/mol. The standard InChI is InChI=1S/C16H15BrClFN6O/c1-2-14(25-7-10(17)6-21-25)15(26)22-16-20-9-24(23-16)8-11-12(18)4-3-5-13(11)19/h3-7,9,14H,2,8H2,1H3,(H,22,23,26). The number of amides is 1. The highest BCUT2D eigenvalue weighted by Gasteiger charge is 2.21. The largest absolute Gasteiger partial charge is 0.291 e. The fourth-order valence-electron chi connectivity index (χ4n) is 2.44. The molecule has 0 radical (unpaired) electrons. The molecule has 3 rings (SSSR count). The number of nitrogens with zero attached hydrogens (tertiary/aromatic N) is 5. The Morgan fingerprint density at radius 3 is 2.92 bits per heavy atom. The molecule has 1 atom stereocenters. The van der Waals surface area contributed by atoms with Crippen molar-refractivity contribution in [1.82, 2.24) is 24.5 Å². The van der Waals surface area contributed by atoms with Crippen molar-refractivity contribution in [2.45, 2.75) is 25.9 Å². The number of carbonyl (C=O) groups is 1. The lowest BCUT2D eigenvalue weighted by atomic mass is 10.2. The van der Waals surface area contributed by atoms with Crippen LogP contribution in [0.25, 0.3) is 0 Å². The number of aromatic nitrogens is 5. The average Bonchev–Trinajstić information content (AvgIpc) is 3.21. The molecule has 1 N–H and O–H groups in total. The van der Waals surface area contributed by atoms with Gasteiger partial charge in [-0.1, -0.05) is 24.6 Å². The van der Waals surface area contributed by atoms with Crippen LogP contribution in [0.4, 0.5) is 10.3 Å². The number of anilines is 1. The van der Waals surface area contributed by atoms with Crippen molar-refractivity contribution < 1.29 is 9.18 Å². The minimum absolute atomic E-state index is 0.109. The van der Waals surface area contributed by atoms with Gasteiger partial charge in [0.25, 0.3) is 5.91 Å². The van der Waals surface area contributed by atoms with E-state index in [4.69, 9.17) is 11.6 Å². The number of carbonyl (C=O) groups excluding carboxylic acids is 1. The first kappa shape index (κ1) is 18.5. The van der Waals surface area contributed by atoms with Crippen molar-refractivity contribution in [3.8, 4) is 0 Å². The number of hydrogen-bond donors (Lipinski definition) is 1. The van der Waals surface area contributed by atoms with E-state index in [0.717, 1.165) is 4.47 Å². The molecule has 2 heterocycles. The molecule has 0 spiro atoms. The molecule has 0 aliphatic carbocycles. The van der Waals surface area contributed by atoms with Crippen LogP contribution in [0.3, 0.4) is 0 Å². The lowest BCUT2D eigenvalue weighted by molar-refractivity contribution is -0.119. The summed E-state index contributed by atoms with van der Waals surface area (Å²) in [6.45, 7) is 1.99. The molecule has 0 saturated carbocycles. The van der Waals surface area contributed by atoms with E-state index in [1.807, 2.05) is 6.92 Å². The highest BCUT2D eigenvalue weighted by atomic mass is 79.9. The first-order valence-electron chi connectivity index (χ1n) is 7.80. The van der Waals surface area contributed by atoms with Crippen LogP contribution in [0.5, 0.6) is 0 Å². The maximum absolute atomic E-state index is 13.9. The van der Waals surface area contributed by atoms with Crippen LogP contribution in [-0.4, -0.2) is 30.5 Å². The molecule has 3 aromatic rings. The van der Waals surface area contributed by atoms with Crippen LogP contribution in [0, 0.1) is 5.82 Å². The van der Waals surface area contributed by atoms with E-state index in [9.17, 15) is 9.18 Å². The summed E-state index contributed by atoms with van der Waals surface area (Å²) in [6.07, 6.45) is 5.29. The van der Waals surface area contributed by atoms with E-state index >= 15 is 0 Å². The first-order chi connectivity index (χ1) is 12.5. The topological polar surface area (TPSA) is 77.6 Å². The van der Waals surface area contributed by atoms with Gasteiger partial charge in [0, 0.05) is 16.8 Å². The van der Waals surface area contributed by atoms with Crippen LogP contribution in [0.2, 0.25) is 5.02 Å². The number of hydrogen-bond acceptors (Lipinski definition) is 4. The molecule has 2 aromatic heterocycles. The van der Waals surface area contributed by atoms with E-state index < -0.39 is 11.9 Å². The third kappa shape index (κ3) is 4.10. The molecule has 10 heteroatoms. The minimum Gasteiger partial charge on any atom is -0.291 e. The van der Waals surface area contributed by atoms with Gasteiger partial charge < -0.3 is 0 Å². The summed E-state index contributed by atoms with van der Waals surface area (Å²) in [6, 6.07) is 3.98. The molecule has 0 fully saturated rings. The van der Waals surface area contributed by atoms with Gasteiger partial charge in [0.05, 0.1) is 17.2 Å². The second-order valence-corrected chi connectivity index (χ2v) is 6.84. The molecule has 1 amide bonds. The van der Waals surface area contributed by atoms with Gasteiger partial charge in [-0.15, -0.1) is 5.10 Å². The molecule has 0 aliphatic rings. The Morgan fingerprint density at radius 1 is 1.46 bits per heavy atom. The third-order valence-corrected chi connectivity index (χ3v) is 4.50. The lowest BCUT2D eigenvalue weighted by Crippen LogP contribution is -2.26. The maximum Gasteiger partial charge on any atom is 0.251 e. The summed E-state index contributed by atoms with van der Waals surface area (Å²) < 4.78 is 17.6. The Bertz CT molecular complexity index is 907. The van der Waals surface area contributed by atoms with Gasteiger partial charge in [0.1, 0.15) is 18.2 Å². The smallest absolute Gasteiger partial charge is 0.251 e. The van der Waals surface area contributed by atoms with Crippen LogP contribution in [-0.2, 0) is 11.3 Å². The van der Waals surface area contributed by atoms with Gasteiger partial charge in [0.15, 0.2) is 0 Å². The van der Waals surface area contributed by atoms with Crippen molar-refractivity contribution >= 4 is 39.4 Å². The summed E-state index contributed by atoms with van der Waals surface area (Å²) in [5.74, 6) is -0.578. The molecule has 7 nitrogen and oxygen atoms in total. The van der Waals surface area contributed by atoms with Crippen molar-refractivity contribution in [3.63, 3.8) is 0 Å². The number of rotatable bonds is 6. The predicted molar refractivity (Wildman–Crippen MR) is 98.4 cm³/mol. The third-order valence-electron chi connectivity index (χ3n) is 3.73. The van der Waals surface area contributed by atoms with Crippen molar-refractivity contribution in [1.29, 1.82) is 0 Å². The van der Waals surface area contributed by atoms with Crippen LogP contribution in [0.15, 0.2) is 41.4 Å². The zero-order valence-electron chi connectivity index (χ0n) is 13.7. The monoisotopic (exact) mass is 440 g/mol. The zero-order chi connectivity index (χ0) is 18.7.